The van der Waals surface area contributed by atoms with Crippen LogP contribution < -0.4 is 15.8 Å². The molecule has 2 fully saturated rings. The standard InChI is InChI=1S/C21H30N2O4/c22-18-2-1-3-19(18)27-17-11-7-15(8-12-17)21(26)23-16-9-4-14(5-10-16)6-13-20(24)25/h7-8,11-12,14,16,18-19H,1-6,9-10,13,22H2,(H,23,26)(H,24,25)/t14?,16?,18-,19-/m1/s1. The molecule has 148 valence electrons. The maximum atomic E-state index is 12.5. The lowest BCUT2D eigenvalue weighted by molar-refractivity contribution is -0.137. The minimum absolute atomic E-state index is 0.0619. The van der Waals surface area contributed by atoms with E-state index in [1.165, 1.54) is 0 Å². The molecule has 1 aromatic rings. The van der Waals surface area contributed by atoms with Crippen molar-refractivity contribution in [2.24, 2.45) is 11.7 Å². The lowest BCUT2D eigenvalue weighted by Crippen LogP contribution is -2.37. The van der Waals surface area contributed by atoms with Crippen LogP contribution >= 0.6 is 0 Å². The monoisotopic (exact) mass is 374 g/mol. The van der Waals surface area contributed by atoms with Crippen LogP contribution in [0.25, 0.3) is 0 Å². The number of hydrogen-bond donors (Lipinski definition) is 3. The molecular formula is C21H30N2O4. The minimum atomic E-state index is -0.729. The summed E-state index contributed by atoms with van der Waals surface area (Å²) in [6, 6.07) is 7.53. The van der Waals surface area contributed by atoms with Crippen LogP contribution in [-0.2, 0) is 4.79 Å². The Hall–Kier alpha value is -2.08. The van der Waals surface area contributed by atoms with Crippen LogP contribution in [0.3, 0.4) is 0 Å². The van der Waals surface area contributed by atoms with E-state index in [9.17, 15) is 9.59 Å². The van der Waals surface area contributed by atoms with E-state index in [0.29, 0.717) is 11.5 Å². The van der Waals surface area contributed by atoms with Gasteiger partial charge in [-0.25, -0.2) is 0 Å². The van der Waals surface area contributed by atoms with Gasteiger partial charge in [-0.2, -0.15) is 0 Å². The van der Waals surface area contributed by atoms with Crippen molar-refractivity contribution < 1.29 is 19.4 Å². The van der Waals surface area contributed by atoms with Crippen LogP contribution in [0.2, 0.25) is 0 Å². The van der Waals surface area contributed by atoms with Crippen LogP contribution in [0.5, 0.6) is 5.75 Å². The quantitative estimate of drug-likeness (QED) is 0.681. The lowest BCUT2D eigenvalue weighted by Gasteiger charge is -2.28. The number of carboxylic acids is 1. The van der Waals surface area contributed by atoms with E-state index in [1.807, 2.05) is 12.1 Å². The second-order valence-corrected chi connectivity index (χ2v) is 7.90. The van der Waals surface area contributed by atoms with Gasteiger partial charge in [0.05, 0.1) is 0 Å². The van der Waals surface area contributed by atoms with Crippen molar-refractivity contribution >= 4 is 11.9 Å². The third kappa shape index (κ3) is 5.70. The average Bonchev–Trinajstić information content (AvgIpc) is 3.06. The highest BCUT2D eigenvalue weighted by molar-refractivity contribution is 5.94. The maximum Gasteiger partial charge on any atom is 0.303 e. The maximum absolute atomic E-state index is 12.5. The topological polar surface area (TPSA) is 102 Å². The Bertz CT molecular complexity index is 638. The number of amides is 1. The number of rotatable bonds is 7. The molecule has 2 aliphatic carbocycles. The number of benzene rings is 1. The van der Waals surface area contributed by atoms with Gasteiger partial charge in [0.1, 0.15) is 11.9 Å². The Morgan fingerprint density at radius 1 is 1.07 bits per heavy atom. The summed E-state index contributed by atoms with van der Waals surface area (Å²) in [5.74, 6) is 0.432. The molecular weight excluding hydrogens is 344 g/mol. The van der Waals surface area contributed by atoms with Crippen LogP contribution in [0.4, 0.5) is 0 Å². The van der Waals surface area contributed by atoms with E-state index in [4.69, 9.17) is 15.6 Å². The zero-order chi connectivity index (χ0) is 19.2. The van der Waals surface area contributed by atoms with Gasteiger partial charge in [-0.15, -0.1) is 0 Å². The summed E-state index contributed by atoms with van der Waals surface area (Å²) >= 11 is 0. The van der Waals surface area contributed by atoms with Crippen molar-refractivity contribution in [2.75, 3.05) is 0 Å². The molecule has 2 saturated carbocycles. The van der Waals surface area contributed by atoms with E-state index in [-0.39, 0.29) is 30.5 Å². The largest absolute Gasteiger partial charge is 0.489 e. The summed E-state index contributed by atoms with van der Waals surface area (Å²) in [6.07, 6.45) is 7.92. The predicted molar refractivity (Wildman–Crippen MR) is 103 cm³/mol. The normalized spacial score (nSPS) is 27.9. The smallest absolute Gasteiger partial charge is 0.303 e. The fourth-order valence-electron chi connectivity index (χ4n) is 4.15. The Labute approximate surface area is 160 Å². The van der Waals surface area contributed by atoms with Gasteiger partial charge in [-0.1, -0.05) is 0 Å². The molecule has 2 aliphatic rings. The average molecular weight is 374 g/mol. The minimum Gasteiger partial charge on any atom is -0.489 e. The Kier molecular flexibility index (Phi) is 6.72. The van der Waals surface area contributed by atoms with Gasteiger partial charge in [0, 0.05) is 24.1 Å². The van der Waals surface area contributed by atoms with E-state index in [0.717, 1.165) is 57.1 Å². The summed E-state index contributed by atoms with van der Waals surface area (Å²) in [5.41, 5.74) is 6.66. The second kappa shape index (κ2) is 9.22. The number of nitrogens with two attached hydrogens (primary N) is 1. The van der Waals surface area contributed by atoms with E-state index in [2.05, 4.69) is 5.32 Å². The Morgan fingerprint density at radius 3 is 2.37 bits per heavy atom. The SMILES string of the molecule is N[C@@H]1CCC[C@H]1Oc1ccc(C(=O)NC2CCC(CCC(=O)O)CC2)cc1. The molecule has 0 bridgehead atoms. The number of hydrogen-bond acceptors (Lipinski definition) is 4. The number of carboxylic acid groups (broad SMARTS) is 1. The highest BCUT2D eigenvalue weighted by Crippen LogP contribution is 2.28. The highest BCUT2D eigenvalue weighted by Gasteiger charge is 2.26. The fraction of sp³-hybridized carbons (Fsp3) is 0.619. The molecule has 0 unspecified atom stereocenters. The van der Waals surface area contributed by atoms with Gasteiger partial charge in [-0.05, 0) is 81.5 Å². The molecule has 0 radical (unpaired) electrons. The van der Waals surface area contributed by atoms with E-state index in [1.54, 1.807) is 12.1 Å². The number of carbonyl (C=O) groups excluding carboxylic acids is 1. The highest BCUT2D eigenvalue weighted by atomic mass is 16.5. The van der Waals surface area contributed by atoms with Gasteiger partial charge >= 0.3 is 5.97 Å². The first-order chi connectivity index (χ1) is 13.0. The van der Waals surface area contributed by atoms with E-state index < -0.39 is 5.97 Å². The first kappa shape index (κ1) is 19.7. The molecule has 2 atom stereocenters. The van der Waals surface area contributed by atoms with E-state index >= 15 is 0 Å². The van der Waals surface area contributed by atoms with Crippen LogP contribution in [0.1, 0.15) is 68.1 Å². The van der Waals surface area contributed by atoms with Crippen LogP contribution in [-0.4, -0.2) is 35.2 Å². The first-order valence-corrected chi connectivity index (χ1v) is 10.1. The van der Waals surface area contributed by atoms with Crippen molar-refractivity contribution in [2.45, 2.75) is 76.0 Å². The molecule has 0 saturated heterocycles. The summed E-state index contributed by atoms with van der Waals surface area (Å²) in [4.78, 5) is 23.1. The number of ether oxygens (including phenoxy) is 1. The molecule has 0 aliphatic heterocycles. The van der Waals surface area contributed by atoms with Crippen LogP contribution in [0, 0.1) is 5.92 Å². The molecule has 1 amide bonds. The van der Waals surface area contributed by atoms with Gasteiger partial charge in [-0.3, -0.25) is 9.59 Å². The molecule has 4 N–H and O–H groups in total. The molecule has 6 heteroatoms. The van der Waals surface area contributed by atoms with Gasteiger partial charge < -0.3 is 20.9 Å². The summed E-state index contributed by atoms with van der Waals surface area (Å²) in [6.45, 7) is 0. The van der Waals surface area contributed by atoms with Crippen molar-refractivity contribution in [3.05, 3.63) is 29.8 Å². The summed E-state index contributed by atoms with van der Waals surface area (Å²) in [7, 11) is 0. The summed E-state index contributed by atoms with van der Waals surface area (Å²) in [5, 5.41) is 11.9. The third-order valence-electron chi connectivity index (χ3n) is 5.86. The molecule has 1 aromatic carbocycles. The predicted octanol–water partition coefficient (Wildman–Crippen LogP) is 3.10. The molecule has 27 heavy (non-hydrogen) atoms. The zero-order valence-corrected chi connectivity index (χ0v) is 15.7. The molecule has 0 aromatic heterocycles. The second-order valence-electron chi connectivity index (χ2n) is 7.90. The fourth-order valence-corrected chi connectivity index (χ4v) is 4.15. The van der Waals surface area contributed by atoms with Crippen LogP contribution in [0.15, 0.2) is 24.3 Å². The number of carbonyl (C=O) groups is 2. The Morgan fingerprint density at radius 2 is 1.78 bits per heavy atom. The van der Waals surface area contributed by atoms with Crippen molar-refractivity contribution in [1.29, 1.82) is 0 Å². The number of nitrogens with one attached hydrogen (secondary N) is 1. The third-order valence-corrected chi connectivity index (χ3v) is 5.86. The first-order valence-electron chi connectivity index (χ1n) is 10.1. The molecule has 6 nitrogen and oxygen atoms in total. The molecule has 0 heterocycles. The molecule has 3 rings (SSSR count). The van der Waals surface area contributed by atoms with Crippen molar-refractivity contribution in [3.8, 4) is 5.75 Å². The Balaban J connectivity index is 1.44. The zero-order valence-electron chi connectivity index (χ0n) is 15.7. The lowest BCUT2D eigenvalue weighted by atomic mass is 9.83. The van der Waals surface area contributed by atoms with Gasteiger partial charge in [0.15, 0.2) is 0 Å². The van der Waals surface area contributed by atoms with Crippen molar-refractivity contribution in [1.82, 2.24) is 5.32 Å². The van der Waals surface area contributed by atoms with Gasteiger partial charge in [0.2, 0.25) is 0 Å². The van der Waals surface area contributed by atoms with Gasteiger partial charge in [0.25, 0.3) is 5.91 Å². The molecule has 0 spiro atoms. The number of aliphatic carboxylic acids is 1. The van der Waals surface area contributed by atoms with Crippen molar-refractivity contribution in [3.63, 3.8) is 0 Å². The summed E-state index contributed by atoms with van der Waals surface area (Å²) < 4.78 is 5.93.